The molecule has 166 valence electrons. The van der Waals surface area contributed by atoms with Gasteiger partial charge in [-0.1, -0.05) is 60.7 Å². The number of benzene rings is 2. The van der Waals surface area contributed by atoms with Crippen LogP contribution >= 0.6 is 0 Å². The maximum absolute atomic E-state index is 13.2. The number of fused-ring (bicyclic) bond motifs is 1. The fraction of sp³-hybridized carbons (Fsp3) is 0.280. The molecule has 1 aromatic heterocycles. The van der Waals surface area contributed by atoms with E-state index in [1.807, 2.05) is 60.7 Å². The van der Waals surface area contributed by atoms with E-state index in [9.17, 15) is 19.8 Å². The second-order valence-electron chi connectivity index (χ2n) is 7.86. The Labute approximate surface area is 186 Å². The summed E-state index contributed by atoms with van der Waals surface area (Å²) in [6.07, 6.45) is 1.51. The van der Waals surface area contributed by atoms with Crippen LogP contribution in [-0.4, -0.2) is 52.4 Å². The fourth-order valence-corrected chi connectivity index (χ4v) is 4.42. The molecule has 2 N–H and O–H groups in total. The standard InChI is InChI=1S/C25H26N2O5/c1-32-13-12-26-15-20(27-14-19(16-28)23(29)24(30)22(27)25(26)31)21(17-8-4-2-5-9-17)18-10-6-3-7-11-18/h2-11,14,20-21,28,30H,12-13,15-16H2,1H3/t20-/m1/s1. The number of rotatable bonds is 7. The SMILES string of the molecule is COCCN1C[C@H](C(c2ccccc2)c2ccccc2)n2cc(CO)c(=O)c(O)c2C1=O. The zero-order valence-corrected chi connectivity index (χ0v) is 17.8. The van der Waals surface area contributed by atoms with Crippen LogP contribution in [-0.2, 0) is 11.3 Å². The molecule has 3 aromatic rings. The second kappa shape index (κ2) is 9.38. The normalized spacial score (nSPS) is 15.8. The van der Waals surface area contributed by atoms with Crippen molar-refractivity contribution in [1.29, 1.82) is 0 Å². The van der Waals surface area contributed by atoms with Gasteiger partial charge in [0.05, 0.1) is 19.3 Å². The van der Waals surface area contributed by atoms with Gasteiger partial charge in [-0.3, -0.25) is 9.59 Å². The summed E-state index contributed by atoms with van der Waals surface area (Å²) in [4.78, 5) is 27.4. The van der Waals surface area contributed by atoms with Gasteiger partial charge in [-0.15, -0.1) is 0 Å². The van der Waals surface area contributed by atoms with E-state index in [1.165, 1.54) is 6.20 Å². The molecule has 1 aliphatic rings. The number of aliphatic hydroxyl groups is 1. The number of carbonyl (C=O) groups excluding carboxylic acids is 1. The van der Waals surface area contributed by atoms with Gasteiger partial charge in [0, 0.05) is 37.9 Å². The number of nitrogens with zero attached hydrogens (tertiary/aromatic N) is 2. The van der Waals surface area contributed by atoms with Crippen LogP contribution in [0.25, 0.3) is 0 Å². The summed E-state index contributed by atoms with van der Waals surface area (Å²) < 4.78 is 6.84. The monoisotopic (exact) mass is 434 g/mol. The number of amides is 1. The van der Waals surface area contributed by atoms with Crippen molar-refractivity contribution in [2.45, 2.75) is 18.6 Å². The largest absolute Gasteiger partial charge is 0.503 e. The molecule has 0 bridgehead atoms. The maximum atomic E-state index is 13.2. The van der Waals surface area contributed by atoms with Crippen molar-refractivity contribution in [3.05, 3.63) is 99.5 Å². The molecule has 0 unspecified atom stereocenters. The highest BCUT2D eigenvalue weighted by atomic mass is 16.5. The summed E-state index contributed by atoms with van der Waals surface area (Å²) in [5.41, 5.74) is 1.35. The molecule has 0 saturated heterocycles. The molecular formula is C25H26N2O5. The third-order valence-corrected chi connectivity index (χ3v) is 5.98. The van der Waals surface area contributed by atoms with Crippen LogP contribution in [0, 0.1) is 0 Å². The van der Waals surface area contributed by atoms with Crippen molar-refractivity contribution in [2.24, 2.45) is 0 Å². The van der Waals surface area contributed by atoms with Crippen LogP contribution in [0.1, 0.15) is 39.1 Å². The van der Waals surface area contributed by atoms with Crippen molar-refractivity contribution in [1.82, 2.24) is 9.47 Å². The van der Waals surface area contributed by atoms with Gasteiger partial charge in [-0.05, 0) is 11.1 Å². The minimum atomic E-state index is -0.726. The van der Waals surface area contributed by atoms with E-state index >= 15 is 0 Å². The van der Waals surface area contributed by atoms with Crippen LogP contribution in [0.15, 0.2) is 71.7 Å². The van der Waals surface area contributed by atoms with Gasteiger partial charge in [0.25, 0.3) is 5.91 Å². The van der Waals surface area contributed by atoms with E-state index in [0.717, 1.165) is 11.1 Å². The van der Waals surface area contributed by atoms with E-state index in [0.29, 0.717) is 19.7 Å². The minimum Gasteiger partial charge on any atom is -0.503 e. The molecule has 7 heteroatoms. The van der Waals surface area contributed by atoms with Crippen LogP contribution < -0.4 is 5.43 Å². The van der Waals surface area contributed by atoms with Gasteiger partial charge in [0.15, 0.2) is 11.4 Å². The molecule has 0 aliphatic carbocycles. The molecular weight excluding hydrogens is 408 g/mol. The Balaban J connectivity index is 1.95. The molecule has 4 rings (SSSR count). The van der Waals surface area contributed by atoms with Crippen LogP contribution in [0.3, 0.4) is 0 Å². The number of aromatic nitrogens is 1. The van der Waals surface area contributed by atoms with Crippen molar-refractivity contribution < 1.29 is 19.7 Å². The highest BCUT2D eigenvalue weighted by Crippen LogP contribution is 2.40. The van der Waals surface area contributed by atoms with Gasteiger partial charge >= 0.3 is 0 Å². The zero-order chi connectivity index (χ0) is 22.7. The molecule has 1 atom stereocenters. The predicted octanol–water partition coefficient (Wildman–Crippen LogP) is 2.52. The maximum Gasteiger partial charge on any atom is 0.274 e. The van der Waals surface area contributed by atoms with Crippen molar-refractivity contribution in [2.75, 3.05) is 26.8 Å². The number of aromatic hydroxyl groups is 1. The average molecular weight is 434 g/mol. The summed E-state index contributed by atoms with van der Waals surface area (Å²) in [6, 6.07) is 19.5. The number of pyridine rings is 1. The highest BCUT2D eigenvalue weighted by molar-refractivity contribution is 5.96. The Hall–Kier alpha value is -3.42. The van der Waals surface area contributed by atoms with Gasteiger partial charge in [-0.25, -0.2) is 0 Å². The Kier molecular flexibility index (Phi) is 6.39. The van der Waals surface area contributed by atoms with Crippen LogP contribution in [0.4, 0.5) is 0 Å². The topological polar surface area (TPSA) is 92.0 Å². The van der Waals surface area contributed by atoms with E-state index in [4.69, 9.17) is 4.74 Å². The Bertz CT molecular complexity index is 1100. The van der Waals surface area contributed by atoms with E-state index in [-0.39, 0.29) is 23.2 Å². The average Bonchev–Trinajstić information content (AvgIpc) is 2.83. The first-order valence-corrected chi connectivity index (χ1v) is 10.5. The van der Waals surface area contributed by atoms with E-state index in [1.54, 1.807) is 16.6 Å². The second-order valence-corrected chi connectivity index (χ2v) is 7.86. The number of carbonyl (C=O) groups is 1. The zero-order valence-electron chi connectivity index (χ0n) is 17.8. The first kappa shape index (κ1) is 21.8. The summed E-state index contributed by atoms with van der Waals surface area (Å²) >= 11 is 0. The van der Waals surface area contributed by atoms with E-state index in [2.05, 4.69) is 0 Å². The summed E-state index contributed by atoms with van der Waals surface area (Å²) in [7, 11) is 1.56. The molecule has 1 aliphatic heterocycles. The number of ether oxygens (including phenoxy) is 1. The molecule has 0 fully saturated rings. The smallest absolute Gasteiger partial charge is 0.274 e. The summed E-state index contributed by atoms with van der Waals surface area (Å²) in [5, 5.41) is 20.4. The van der Waals surface area contributed by atoms with Crippen LogP contribution in [0.5, 0.6) is 5.75 Å². The van der Waals surface area contributed by atoms with Gasteiger partial charge < -0.3 is 24.4 Å². The molecule has 0 spiro atoms. The van der Waals surface area contributed by atoms with Gasteiger partial charge in [-0.2, -0.15) is 0 Å². The molecule has 0 radical (unpaired) electrons. The predicted molar refractivity (Wildman–Crippen MR) is 120 cm³/mol. The van der Waals surface area contributed by atoms with Gasteiger partial charge in [0.1, 0.15) is 0 Å². The Morgan fingerprint density at radius 2 is 1.62 bits per heavy atom. The Morgan fingerprint density at radius 3 is 2.16 bits per heavy atom. The molecule has 1 amide bonds. The third-order valence-electron chi connectivity index (χ3n) is 5.98. The Morgan fingerprint density at radius 1 is 1.03 bits per heavy atom. The van der Waals surface area contributed by atoms with Crippen molar-refractivity contribution in [3.8, 4) is 5.75 Å². The molecule has 7 nitrogen and oxygen atoms in total. The quantitative estimate of drug-likeness (QED) is 0.596. The lowest BCUT2D eigenvalue weighted by molar-refractivity contribution is 0.0581. The summed E-state index contributed by atoms with van der Waals surface area (Å²) in [5.74, 6) is -1.23. The van der Waals surface area contributed by atoms with Crippen molar-refractivity contribution in [3.63, 3.8) is 0 Å². The summed E-state index contributed by atoms with van der Waals surface area (Å²) in [6.45, 7) is 0.496. The third kappa shape index (κ3) is 3.92. The lowest BCUT2D eigenvalue weighted by Crippen LogP contribution is -2.47. The molecule has 2 aromatic carbocycles. The van der Waals surface area contributed by atoms with Crippen molar-refractivity contribution >= 4 is 5.91 Å². The van der Waals surface area contributed by atoms with Gasteiger partial charge in [0.2, 0.25) is 5.43 Å². The number of methoxy groups -OCH3 is 1. The molecule has 32 heavy (non-hydrogen) atoms. The first-order chi connectivity index (χ1) is 15.6. The fourth-order valence-electron chi connectivity index (χ4n) is 4.42. The van der Waals surface area contributed by atoms with Crippen LogP contribution in [0.2, 0.25) is 0 Å². The molecule has 0 saturated carbocycles. The number of hydrogen-bond donors (Lipinski definition) is 2. The first-order valence-electron chi connectivity index (χ1n) is 10.5. The highest BCUT2D eigenvalue weighted by Gasteiger charge is 2.39. The minimum absolute atomic E-state index is 0.0502. The number of aliphatic hydroxyl groups excluding tert-OH is 1. The molecule has 2 heterocycles. The lowest BCUT2D eigenvalue weighted by atomic mass is 9.83. The van der Waals surface area contributed by atoms with E-state index < -0.39 is 23.7 Å². The lowest BCUT2D eigenvalue weighted by Gasteiger charge is -2.40. The number of hydrogen-bond acceptors (Lipinski definition) is 5.